The first kappa shape index (κ1) is 30.7. The standard InChI is InChI=1S/C39H42F3N3O2/c1-24-3-2-4-34(35(24)28-5-8-31(9-6-28)39(40,41)42)36(46)43-32-10-7-29-19-33(20-30(29)18-32)44-11-13-45(14-12-44)37(47)38-21-25-15-26(22-38)17-27(16-25)23-38/h2-10,18,25-27,33H,11-17,19-23H2,1H3,(H,43,46). The maximum Gasteiger partial charge on any atom is 0.416 e. The second-order valence-electron chi connectivity index (χ2n) is 15.1. The number of fused-ring (bicyclic) bond motifs is 1. The Morgan fingerprint density at radius 1 is 0.809 bits per heavy atom. The quantitative estimate of drug-likeness (QED) is 0.310. The molecular weight excluding hydrogens is 599 g/mol. The monoisotopic (exact) mass is 641 g/mol. The minimum absolute atomic E-state index is 0.0711. The van der Waals surface area contributed by atoms with E-state index in [2.05, 4.69) is 27.2 Å². The molecule has 4 saturated carbocycles. The molecule has 1 N–H and O–H groups in total. The lowest BCUT2D eigenvalue weighted by Gasteiger charge is -2.57. The summed E-state index contributed by atoms with van der Waals surface area (Å²) in [6.45, 7) is 5.29. The summed E-state index contributed by atoms with van der Waals surface area (Å²) in [6.07, 6.45) is 4.86. The van der Waals surface area contributed by atoms with Gasteiger partial charge in [-0.15, -0.1) is 0 Å². The smallest absolute Gasteiger partial charge is 0.340 e. The Labute approximate surface area is 274 Å². The van der Waals surface area contributed by atoms with Gasteiger partial charge in [0.1, 0.15) is 0 Å². The number of anilines is 1. The summed E-state index contributed by atoms with van der Waals surface area (Å²) in [5.74, 6) is 2.47. The van der Waals surface area contributed by atoms with Gasteiger partial charge in [-0.1, -0.05) is 30.3 Å². The van der Waals surface area contributed by atoms with Crippen molar-refractivity contribution in [2.75, 3.05) is 31.5 Å². The molecule has 1 heterocycles. The van der Waals surface area contributed by atoms with Crippen molar-refractivity contribution < 1.29 is 22.8 Å². The van der Waals surface area contributed by atoms with Gasteiger partial charge in [0.25, 0.3) is 5.91 Å². The number of carbonyl (C=O) groups excluding carboxylic acids is 2. The molecule has 0 aromatic heterocycles. The fourth-order valence-electron chi connectivity index (χ4n) is 10.2. The van der Waals surface area contributed by atoms with Crippen LogP contribution in [0.4, 0.5) is 18.9 Å². The minimum Gasteiger partial charge on any atom is -0.340 e. The number of halogens is 3. The van der Waals surface area contributed by atoms with E-state index in [1.54, 1.807) is 12.1 Å². The van der Waals surface area contributed by atoms with Gasteiger partial charge in [0.05, 0.1) is 11.0 Å². The first-order chi connectivity index (χ1) is 22.5. The maximum absolute atomic E-state index is 13.9. The van der Waals surface area contributed by atoms with E-state index in [4.69, 9.17) is 0 Å². The first-order valence-electron chi connectivity index (χ1n) is 17.3. The van der Waals surface area contributed by atoms with Crippen LogP contribution in [0.1, 0.15) is 71.1 Å². The highest BCUT2D eigenvalue weighted by Crippen LogP contribution is 2.60. The fraction of sp³-hybridized carbons (Fsp3) is 0.487. The van der Waals surface area contributed by atoms with Crippen molar-refractivity contribution in [3.63, 3.8) is 0 Å². The van der Waals surface area contributed by atoms with Gasteiger partial charge in [-0.25, -0.2) is 0 Å². The van der Waals surface area contributed by atoms with Gasteiger partial charge in [0.2, 0.25) is 5.91 Å². The van der Waals surface area contributed by atoms with E-state index in [1.807, 2.05) is 19.1 Å². The number of aryl methyl sites for hydroxylation is 1. The van der Waals surface area contributed by atoms with Crippen LogP contribution in [0.3, 0.4) is 0 Å². The number of carbonyl (C=O) groups is 2. The molecule has 5 aliphatic carbocycles. The zero-order valence-corrected chi connectivity index (χ0v) is 26.9. The molecule has 3 aromatic rings. The average Bonchev–Trinajstić information content (AvgIpc) is 3.47. The van der Waals surface area contributed by atoms with E-state index >= 15 is 0 Å². The normalized spacial score (nSPS) is 28.4. The van der Waals surface area contributed by atoms with Crippen LogP contribution in [0.25, 0.3) is 11.1 Å². The molecule has 5 nitrogen and oxygen atoms in total. The van der Waals surface area contributed by atoms with Crippen LogP contribution in [0.2, 0.25) is 0 Å². The highest BCUT2D eigenvalue weighted by atomic mass is 19.4. The van der Waals surface area contributed by atoms with Gasteiger partial charge in [-0.3, -0.25) is 14.5 Å². The summed E-state index contributed by atoms with van der Waals surface area (Å²) >= 11 is 0. The molecule has 6 aliphatic rings. The Morgan fingerprint density at radius 2 is 1.45 bits per heavy atom. The minimum atomic E-state index is -4.42. The second kappa shape index (κ2) is 11.5. The summed E-state index contributed by atoms with van der Waals surface area (Å²) in [7, 11) is 0. The summed E-state index contributed by atoms with van der Waals surface area (Å²) in [6, 6.07) is 16.8. The summed E-state index contributed by atoms with van der Waals surface area (Å²) < 4.78 is 39.5. The van der Waals surface area contributed by atoms with Gasteiger partial charge in [-0.2, -0.15) is 13.2 Å². The molecule has 1 aliphatic heterocycles. The molecule has 1 saturated heterocycles. The van der Waals surface area contributed by atoms with Gasteiger partial charge in [0, 0.05) is 43.5 Å². The number of hydrogen-bond donors (Lipinski definition) is 1. The largest absolute Gasteiger partial charge is 0.416 e. The molecule has 4 bridgehead atoms. The van der Waals surface area contributed by atoms with Crippen LogP contribution in [-0.2, 0) is 23.8 Å². The Balaban J connectivity index is 0.907. The van der Waals surface area contributed by atoms with Crippen molar-refractivity contribution >= 4 is 17.5 Å². The third kappa shape index (κ3) is 5.66. The average molecular weight is 642 g/mol. The first-order valence-corrected chi connectivity index (χ1v) is 17.3. The molecule has 9 rings (SSSR count). The van der Waals surface area contributed by atoms with Gasteiger partial charge in [-0.05, 0) is 134 Å². The Morgan fingerprint density at radius 3 is 2.09 bits per heavy atom. The molecule has 3 aromatic carbocycles. The third-order valence-electron chi connectivity index (χ3n) is 12.0. The number of piperazine rings is 1. The van der Waals surface area contributed by atoms with Crippen LogP contribution in [-0.4, -0.2) is 53.8 Å². The lowest BCUT2D eigenvalue weighted by Crippen LogP contribution is -2.59. The zero-order valence-electron chi connectivity index (χ0n) is 26.9. The van der Waals surface area contributed by atoms with E-state index in [9.17, 15) is 22.8 Å². The van der Waals surface area contributed by atoms with E-state index in [-0.39, 0.29) is 11.3 Å². The van der Waals surface area contributed by atoms with Crippen LogP contribution in [0.15, 0.2) is 60.7 Å². The van der Waals surface area contributed by atoms with Crippen LogP contribution >= 0.6 is 0 Å². The van der Waals surface area contributed by atoms with Gasteiger partial charge >= 0.3 is 6.18 Å². The number of benzene rings is 3. The Bertz CT molecular complexity index is 1670. The summed E-state index contributed by atoms with van der Waals surface area (Å²) in [5.41, 5.74) is 4.87. The molecule has 246 valence electrons. The van der Waals surface area contributed by atoms with Crippen molar-refractivity contribution in [1.29, 1.82) is 0 Å². The Kier molecular flexibility index (Phi) is 7.50. The lowest BCUT2D eigenvalue weighted by molar-refractivity contribution is -0.159. The SMILES string of the molecule is Cc1cccc(C(=O)Nc2ccc3c(c2)CC(N2CCN(C(=O)C45CC6CC(CC(C6)C4)C5)CC2)C3)c1-c1ccc(C(F)(F)F)cc1. The lowest BCUT2D eigenvalue weighted by atomic mass is 9.49. The van der Waals surface area contributed by atoms with Crippen molar-refractivity contribution in [2.45, 2.75) is 70.5 Å². The van der Waals surface area contributed by atoms with Gasteiger partial charge < -0.3 is 10.2 Å². The maximum atomic E-state index is 13.9. The van der Waals surface area contributed by atoms with Crippen LogP contribution < -0.4 is 5.32 Å². The van der Waals surface area contributed by atoms with Crippen molar-refractivity contribution in [3.05, 3.63) is 88.5 Å². The molecule has 8 heteroatoms. The van der Waals surface area contributed by atoms with E-state index < -0.39 is 11.7 Å². The molecule has 2 amide bonds. The molecule has 47 heavy (non-hydrogen) atoms. The summed E-state index contributed by atoms with van der Waals surface area (Å²) in [5, 5.41) is 3.05. The van der Waals surface area contributed by atoms with E-state index in [0.717, 1.165) is 93.7 Å². The van der Waals surface area contributed by atoms with Crippen molar-refractivity contribution in [3.8, 4) is 11.1 Å². The fourth-order valence-corrected chi connectivity index (χ4v) is 10.2. The number of rotatable bonds is 5. The number of amides is 2. The topological polar surface area (TPSA) is 52.7 Å². The number of alkyl halides is 3. The molecule has 1 atom stereocenters. The highest BCUT2D eigenvalue weighted by molar-refractivity contribution is 6.09. The number of nitrogens with zero attached hydrogens (tertiary/aromatic N) is 2. The predicted octanol–water partition coefficient (Wildman–Crippen LogP) is 7.76. The zero-order chi connectivity index (χ0) is 32.5. The molecular formula is C39H42F3N3O2. The van der Waals surface area contributed by atoms with Crippen molar-refractivity contribution in [2.24, 2.45) is 23.2 Å². The molecule has 5 fully saturated rings. The second-order valence-corrected chi connectivity index (χ2v) is 15.1. The molecule has 1 unspecified atom stereocenters. The van der Waals surface area contributed by atoms with Crippen LogP contribution in [0, 0.1) is 30.1 Å². The Hall–Kier alpha value is -3.65. The third-order valence-corrected chi connectivity index (χ3v) is 12.0. The molecule has 0 spiro atoms. The number of nitrogens with one attached hydrogen (secondary N) is 1. The summed E-state index contributed by atoms with van der Waals surface area (Å²) in [4.78, 5) is 32.2. The van der Waals surface area contributed by atoms with Crippen LogP contribution in [0.5, 0.6) is 0 Å². The molecule has 0 radical (unpaired) electrons. The van der Waals surface area contributed by atoms with E-state index in [0.29, 0.717) is 34.3 Å². The van der Waals surface area contributed by atoms with Gasteiger partial charge in [0.15, 0.2) is 0 Å². The number of hydrogen-bond acceptors (Lipinski definition) is 3. The predicted molar refractivity (Wildman–Crippen MR) is 176 cm³/mol. The van der Waals surface area contributed by atoms with Crippen molar-refractivity contribution in [1.82, 2.24) is 9.80 Å². The highest BCUT2D eigenvalue weighted by Gasteiger charge is 2.55. The van der Waals surface area contributed by atoms with E-state index in [1.165, 1.54) is 42.5 Å².